The third-order valence-corrected chi connectivity index (χ3v) is 4.02. The molecule has 0 fully saturated rings. The van der Waals surface area contributed by atoms with E-state index in [1.54, 1.807) is 50.2 Å². The number of ether oxygens (including phenoxy) is 2. The highest BCUT2D eigenvalue weighted by Crippen LogP contribution is 2.24. The molecular weight excluding hydrogens is 382 g/mol. The summed E-state index contributed by atoms with van der Waals surface area (Å²) in [5.41, 5.74) is 1.27. The maximum Gasteiger partial charge on any atom is 0.338 e. The molecule has 0 aliphatic heterocycles. The molecule has 0 radical (unpaired) electrons. The van der Waals surface area contributed by atoms with Crippen molar-refractivity contribution in [1.29, 1.82) is 0 Å². The lowest BCUT2D eigenvalue weighted by Gasteiger charge is -2.10. The number of hydrogen-bond donors (Lipinski definition) is 1. The van der Waals surface area contributed by atoms with Crippen LogP contribution in [0.4, 0.5) is 5.69 Å². The second kappa shape index (κ2) is 9.90. The molecule has 0 bridgehead atoms. The maximum atomic E-state index is 12.4. The first-order valence-electron chi connectivity index (χ1n) is 8.77. The zero-order valence-electron chi connectivity index (χ0n) is 16.0. The van der Waals surface area contributed by atoms with Crippen molar-refractivity contribution in [2.24, 2.45) is 0 Å². The highest BCUT2D eigenvalue weighted by molar-refractivity contribution is 6.31. The van der Waals surface area contributed by atoms with Crippen molar-refractivity contribution in [1.82, 2.24) is 0 Å². The van der Waals surface area contributed by atoms with Gasteiger partial charge < -0.3 is 14.8 Å². The Balaban J connectivity index is 1.91. The van der Waals surface area contributed by atoms with Crippen molar-refractivity contribution in [3.63, 3.8) is 0 Å². The highest BCUT2D eigenvalue weighted by Gasteiger charge is 2.15. The Morgan fingerprint density at radius 1 is 1.04 bits per heavy atom. The Hall–Kier alpha value is -2.86. The topological polar surface area (TPSA) is 81.7 Å². The van der Waals surface area contributed by atoms with Gasteiger partial charge >= 0.3 is 5.97 Å². The zero-order valence-corrected chi connectivity index (χ0v) is 16.7. The van der Waals surface area contributed by atoms with E-state index in [0.29, 0.717) is 27.6 Å². The van der Waals surface area contributed by atoms with Gasteiger partial charge in [0.25, 0.3) is 0 Å². The SMILES string of the molecule is COc1ccc(Cl)cc1C(=O)CCC(=O)Nc1ccc(C(=O)OC(C)C)cc1. The Morgan fingerprint density at radius 2 is 1.71 bits per heavy atom. The summed E-state index contributed by atoms with van der Waals surface area (Å²) in [6, 6.07) is 11.1. The number of benzene rings is 2. The van der Waals surface area contributed by atoms with Crippen LogP contribution in [0.5, 0.6) is 5.75 Å². The molecule has 1 amide bonds. The summed E-state index contributed by atoms with van der Waals surface area (Å²) >= 11 is 5.93. The summed E-state index contributed by atoms with van der Waals surface area (Å²) in [6.07, 6.45) is -0.185. The number of Topliss-reactive ketones (excluding diaryl/α,β-unsaturated/α-hetero) is 1. The van der Waals surface area contributed by atoms with E-state index in [4.69, 9.17) is 21.1 Å². The molecule has 0 aliphatic carbocycles. The van der Waals surface area contributed by atoms with Crippen LogP contribution in [0.2, 0.25) is 5.02 Å². The lowest BCUT2D eigenvalue weighted by molar-refractivity contribution is -0.116. The molecule has 1 N–H and O–H groups in total. The molecule has 0 saturated heterocycles. The van der Waals surface area contributed by atoms with E-state index < -0.39 is 5.97 Å². The van der Waals surface area contributed by atoms with Crippen LogP contribution in [0.3, 0.4) is 0 Å². The minimum atomic E-state index is -0.422. The fraction of sp³-hybridized carbons (Fsp3) is 0.286. The molecule has 0 aromatic heterocycles. The van der Waals surface area contributed by atoms with Crippen LogP contribution in [0.1, 0.15) is 47.4 Å². The van der Waals surface area contributed by atoms with Gasteiger partial charge in [-0.2, -0.15) is 0 Å². The number of hydrogen-bond acceptors (Lipinski definition) is 5. The molecule has 0 saturated carbocycles. The second-order valence-corrected chi connectivity index (χ2v) is 6.78. The molecule has 2 aromatic rings. The molecule has 0 spiro atoms. The monoisotopic (exact) mass is 403 g/mol. The molecule has 28 heavy (non-hydrogen) atoms. The van der Waals surface area contributed by atoms with E-state index in [-0.39, 0.29) is 30.6 Å². The van der Waals surface area contributed by atoms with E-state index in [1.807, 2.05) is 0 Å². The van der Waals surface area contributed by atoms with Gasteiger partial charge in [-0.25, -0.2) is 4.79 Å². The maximum absolute atomic E-state index is 12.4. The van der Waals surface area contributed by atoms with Gasteiger partial charge in [0.05, 0.1) is 24.3 Å². The van der Waals surface area contributed by atoms with Gasteiger partial charge in [0.1, 0.15) is 5.75 Å². The van der Waals surface area contributed by atoms with Crippen molar-refractivity contribution >= 4 is 34.9 Å². The number of nitrogens with one attached hydrogen (secondary N) is 1. The Bertz CT molecular complexity index is 862. The Kier molecular flexibility index (Phi) is 7.58. The molecule has 0 heterocycles. The Labute approximate surface area is 168 Å². The molecule has 0 atom stereocenters. The van der Waals surface area contributed by atoms with Gasteiger partial charge in [0.2, 0.25) is 5.91 Å². The number of esters is 1. The summed E-state index contributed by atoms with van der Waals surface area (Å²) in [6.45, 7) is 3.54. The van der Waals surface area contributed by atoms with Crippen molar-refractivity contribution in [2.75, 3.05) is 12.4 Å². The number of amides is 1. The van der Waals surface area contributed by atoms with Crippen LogP contribution in [0.25, 0.3) is 0 Å². The average Bonchev–Trinajstić information content (AvgIpc) is 2.66. The average molecular weight is 404 g/mol. The first-order valence-corrected chi connectivity index (χ1v) is 9.15. The summed E-state index contributed by atoms with van der Waals surface area (Å²) in [7, 11) is 1.47. The molecule has 0 aliphatic rings. The van der Waals surface area contributed by atoms with E-state index in [9.17, 15) is 14.4 Å². The number of carbonyl (C=O) groups is 3. The van der Waals surface area contributed by atoms with Gasteiger partial charge in [-0.3, -0.25) is 9.59 Å². The molecule has 148 valence electrons. The van der Waals surface area contributed by atoms with Crippen molar-refractivity contribution in [2.45, 2.75) is 32.8 Å². The summed E-state index contributed by atoms with van der Waals surface area (Å²) < 4.78 is 10.3. The number of ketones is 1. The van der Waals surface area contributed by atoms with Crippen LogP contribution in [-0.2, 0) is 9.53 Å². The highest BCUT2D eigenvalue weighted by atomic mass is 35.5. The normalized spacial score (nSPS) is 10.5. The summed E-state index contributed by atoms with van der Waals surface area (Å²) in [5.74, 6) is -0.555. The third kappa shape index (κ3) is 6.09. The van der Waals surface area contributed by atoms with Crippen LogP contribution in [0.15, 0.2) is 42.5 Å². The lowest BCUT2D eigenvalue weighted by atomic mass is 10.1. The first kappa shape index (κ1) is 21.4. The van der Waals surface area contributed by atoms with Gasteiger partial charge in [-0.1, -0.05) is 11.6 Å². The minimum absolute atomic E-state index is 0.00560. The summed E-state index contributed by atoms with van der Waals surface area (Å²) in [5, 5.41) is 3.12. The second-order valence-electron chi connectivity index (χ2n) is 6.35. The smallest absolute Gasteiger partial charge is 0.338 e. The molecule has 0 unspecified atom stereocenters. The number of carbonyl (C=O) groups excluding carboxylic acids is 3. The lowest BCUT2D eigenvalue weighted by Crippen LogP contribution is -2.14. The quantitative estimate of drug-likeness (QED) is 0.517. The van der Waals surface area contributed by atoms with Crippen molar-refractivity contribution < 1.29 is 23.9 Å². The molecular formula is C21H22ClNO5. The van der Waals surface area contributed by atoms with Gasteiger partial charge in [0, 0.05) is 23.6 Å². The molecule has 7 heteroatoms. The summed E-state index contributed by atoms with van der Waals surface area (Å²) in [4.78, 5) is 36.3. The number of halogens is 1. The number of rotatable bonds is 8. The zero-order chi connectivity index (χ0) is 20.7. The predicted molar refractivity (Wildman–Crippen MR) is 107 cm³/mol. The van der Waals surface area contributed by atoms with Crippen LogP contribution < -0.4 is 10.1 Å². The van der Waals surface area contributed by atoms with Crippen molar-refractivity contribution in [3.05, 3.63) is 58.6 Å². The fourth-order valence-corrected chi connectivity index (χ4v) is 2.63. The third-order valence-electron chi connectivity index (χ3n) is 3.79. The molecule has 2 rings (SSSR count). The van der Waals surface area contributed by atoms with Gasteiger partial charge in [0.15, 0.2) is 5.78 Å². The van der Waals surface area contributed by atoms with Gasteiger partial charge in [-0.05, 0) is 56.3 Å². The van der Waals surface area contributed by atoms with Crippen LogP contribution >= 0.6 is 11.6 Å². The van der Waals surface area contributed by atoms with E-state index >= 15 is 0 Å². The number of anilines is 1. The minimum Gasteiger partial charge on any atom is -0.496 e. The van der Waals surface area contributed by atoms with E-state index in [0.717, 1.165) is 0 Å². The van der Waals surface area contributed by atoms with Gasteiger partial charge in [-0.15, -0.1) is 0 Å². The predicted octanol–water partition coefficient (Wildman–Crippen LogP) is 4.52. The largest absolute Gasteiger partial charge is 0.496 e. The molecule has 6 nitrogen and oxygen atoms in total. The van der Waals surface area contributed by atoms with Crippen LogP contribution in [0, 0.1) is 0 Å². The fourth-order valence-electron chi connectivity index (χ4n) is 2.46. The molecule has 2 aromatic carbocycles. The van der Waals surface area contributed by atoms with E-state index in [2.05, 4.69) is 5.32 Å². The number of methoxy groups -OCH3 is 1. The van der Waals surface area contributed by atoms with Crippen molar-refractivity contribution in [3.8, 4) is 5.75 Å². The first-order chi connectivity index (χ1) is 13.3. The Morgan fingerprint density at radius 3 is 2.32 bits per heavy atom. The van der Waals surface area contributed by atoms with Crippen LogP contribution in [-0.4, -0.2) is 30.9 Å². The standard InChI is InChI=1S/C21H22ClNO5/c1-13(2)28-21(26)14-4-7-16(8-5-14)23-20(25)11-9-18(24)17-12-15(22)6-10-19(17)27-3/h4-8,10,12-13H,9,11H2,1-3H3,(H,23,25). The van der Waals surface area contributed by atoms with E-state index in [1.165, 1.54) is 13.2 Å².